The Kier molecular flexibility index (Phi) is 6.55. The molecule has 0 aliphatic carbocycles. The molecule has 2 aromatic rings. The summed E-state index contributed by atoms with van der Waals surface area (Å²) in [7, 11) is 3.04. The number of hydrogen-bond acceptors (Lipinski definition) is 8. The van der Waals surface area contributed by atoms with Gasteiger partial charge in [0, 0.05) is 24.2 Å². The minimum Gasteiger partial charge on any atom is -0.496 e. The van der Waals surface area contributed by atoms with Crippen LogP contribution in [0.5, 0.6) is 11.5 Å². The molecule has 0 spiro atoms. The summed E-state index contributed by atoms with van der Waals surface area (Å²) in [6.45, 7) is 6.36. The molecule has 1 aliphatic heterocycles. The first-order valence-corrected chi connectivity index (χ1v) is 9.89. The SMILES string of the molecule is COc1cc(C(=O)NNC(=O)c2sc(N3CCOCC3)nc2C)cc(OC)c1C. The molecule has 10 heteroatoms. The minimum absolute atomic E-state index is 0.305. The molecule has 1 saturated heterocycles. The second-order valence-corrected chi connectivity index (χ2v) is 7.40. The third-order valence-electron chi connectivity index (χ3n) is 4.58. The number of aryl methyl sites for hydroxylation is 1. The van der Waals surface area contributed by atoms with Gasteiger partial charge in [0.15, 0.2) is 5.13 Å². The topological polar surface area (TPSA) is 102 Å². The van der Waals surface area contributed by atoms with Crippen LogP contribution in [0.25, 0.3) is 0 Å². The van der Waals surface area contributed by atoms with Crippen molar-refractivity contribution in [2.24, 2.45) is 0 Å². The Morgan fingerprint density at radius 3 is 2.24 bits per heavy atom. The Hall–Kier alpha value is -2.85. The van der Waals surface area contributed by atoms with Crippen LogP contribution in [0.2, 0.25) is 0 Å². The number of morpholine rings is 1. The number of hydrazine groups is 1. The molecule has 3 rings (SSSR count). The van der Waals surface area contributed by atoms with Crippen LogP contribution in [0.4, 0.5) is 5.13 Å². The number of thiazole rings is 1. The van der Waals surface area contributed by atoms with Crippen LogP contribution >= 0.6 is 11.3 Å². The highest BCUT2D eigenvalue weighted by Gasteiger charge is 2.21. The maximum absolute atomic E-state index is 12.5. The molecular formula is C19H24N4O5S. The molecular weight excluding hydrogens is 396 g/mol. The Morgan fingerprint density at radius 1 is 1.07 bits per heavy atom. The Labute approximate surface area is 172 Å². The Bertz CT molecular complexity index is 883. The summed E-state index contributed by atoms with van der Waals surface area (Å²) in [6, 6.07) is 3.18. The number of nitrogens with one attached hydrogen (secondary N) is 2. The highest BCUT2D eigenvalue weighted by atomic mass is 32.1. The number of carbonyl (C=O) groups excluding carboxylic acids is 2. The van der Waals surface area contributed by atoms with Crippen molar-refractivity contribution in [2.45, 2.75) is 13.8 Å². The number of aromatic nitrogens is 1. The van der Waals surface area contributed by atoms with Gasteiger partial charge in [0.2, 0.25) is 0 Å². The van der Waals surface area contributed by atoms with Crippen LogP contribution in [-0.4, -0.2) is 57.3 Å². The highest BCUT2D eigenvalue weighted by Crippen LogP contribution is 2.29. The first-order chi connectivity index (χ1) is 13.9. The Balaban J connectivity index is 1.68. The molecule has 9 nitrogen and oxygen atoms in total. The van der Waals surface area contributed by atoms with Crippen molar-refractivity contribution in [3.8, 4) is 11.5 Å². The summed E-state index contributed by atoms with van der Waals surface area (Å²) in [5.74, 6) is 0.146. The van der Waals surface area contributed by atoms with Crippen molar-refractivity contribution in [2.75, 3.05) is 45.4 Å². The van der Waals surface area contributed by atoms with Crippen molar-refractivity contribution >= 4 is 28.3 Å². The fourth-order valence-electron chi connectivity index (χ4n) is 2.94. The molecule has 0 saturated carbocycles. The number of benzene rings is 1. The quantitative estimate of drug-likeness (QED) is 0.710. The van der Waals surface area contributed by atoms with E-state index >= 15 is 0 Å². The van der Waals surface area contributed by atoms with E-state index in [2.05, 4.69) is 20.7 Å². The van der Waals surface area contributed by atoms with E-state index in [1.165, 1.54) is 25.6 Å². The fourth-order valence-corrected chi connectivity index (χ4v) is 3.96. The van der Waals surface area contributed by atoms with Crippen LogP contribution in [0.3, 0.4) is 0 Å². The monoisotopic (exact) mass is 420 g/mol. The largest absolute Gasteiger partial charge is 0.496 e. The standard InChI is InChI=1S/C19H24N4O5S/c1-11-14(26-3)9-13(10-15(11)27-4)17(24)21-22-18(25)16-12(2)20-19(29-16)23-5-7-28-8-6-23/h9-10H,5-8H2,1-4H3,(H,21,24)(H,22,25). The van der Waals surface area contributed by atoms with E-state index in [0.29, 0.717) is 40.8 Å². The normalized spacial score (nSPS) is 13.7. The third kappa shape index (κ3) is 4.60. The Morgan fingerprint density at radius 2 is 1.66 bits per heavy atom. The van der Waals surface area contributed by atoms with Gasteiger partial charge in [0.05, 0.1) is 33.1 Å². The van der Waals surface area contributed by atoms with Crippen molar-refractivity contribution in [1.29, 1.82) is 0 Å². The molecule has 0 bridgehead atoms. The maximum Gasteiger partial charge on any atom is 0.281 e. The number of rotatable bonds is 5. The molecule has 1 aliphatic rings. The number of ether oxygens (including phenoxy) is 3. The second kappa shape index (κ2) is 9.10. The summed E-state index contributed by atoms with van der Waals surface area (Å²) in [5.41, 5.74) is 6.58. The molecule has 0 atom stereocenters. The minimum atomic E-state index is -0.481. The number of anilines is 1. The van der Waals surface area contributed by atoms with Gasteiger partial charge in [0.25, 0.3) is 11.8 Å². The highest BCUT2D eigenvalue weighted by molar-refractivity contribution is 7.17. The van der Waals surface area contributed by atoms with Gasteiger partial charge >= 0.3 is 0 Å². The van der Waals surface area contributed by atoms with E-state index in [1.54, 1.807) is 19.1 Å². The molecule has 1 aromatic heterocycles. The van der Waals surface area contributed by atoms with Crippen LogP contribution in [0.1, 0.15) is 31.3 Å². The van der Waals surface area contributed by atoms with Gasteiger partial charge in [0.1, 0.15) is 16.4 Å². The number of methoxy groups -OCH3 is 2. The van der Waals surface area contributed by atoms with Crippen molar-refractivity contribution in [3.63, 3.8) is 0 Å². The summed E-state index contributed by atoms with van der Waals surface area (Å²) in [6.07, 6.45) is 0. The molecule has 29 heavy (non-hydrogen) atoms. The van der Waals surface area contributed by atoms with E-state index < -0.39 is 11.8 Å². The summed E-state index contributed by atoms with van der Waals surface area (Å²) >= 11 is 1.29. The van der Waals surface area contributed by atoms with Crippen LogP contribution < -0.4 is 25.2 Å². The van der Waals surface area contributed by atoms with Gasteiger partial charge in [-0.25, -0.2) is 4.98 Å². The summed E-state index contributed by atoms with van der Waals surface area (Å²) in [5, 5.41) is 0.773. The van der Waals surface area contributed by atoms with Crippen molar-refractivity contribution in [3.05, 3.63) is 33.8 Å². The van der Waals surface area contributed by atoms with E-state index in [0.717, 1.165) is 23.8 Å². The van der Waals surface area contributed by atoms with Gasteiger partial charge in [-0.05, 0) is 26.0 Å². The predicted octanol–water partition coefficient (Wildman–Crippen LogP) is 1.69. The lowest BCUT2D eigenvalue weighted by Crippen LogP contribution is -2.41. The zero-order chi connectivity index (χ0) is 21.0. The van der Waals surface area contributed by atoms with E-state index in [9.17, 15) is 9.59 Å². The fraction of sp³-hybridized carbons (Fsp3) is 0.421. The molecule has 0 unspecified atom stereocenters. The first-order valence-electron chi connectivity index (χ1n) is 9.08. The molecule has 1 aromatic carbocycles. The van der Waals surface area contributed by atoms with Crippen molar-refractivity contribution in [1.82, 2.24) is 15.8 Å². The van der Waals surface area contributed by atoms with Gasteiger partial charge in [-0.3, -0.25) is 20.4 Å². The van der Waals surface area contributed by atoms with Gasteiger partial charge < -0.3 is 19.1 Å². The van der Waals surface area contributed by atoms with E-state index in [4.69, 9.17) is 14.2 Å². The molecule has 2 amide bonds. The summed E-state index contributed by atoms with van der Waals surface area (Å²) in [4.78, 5) is 32.1. The van der Waals surface area contributed by atoms with Gasteiger partial charge in [-0.15, -0.1) is 0 Å². The number of nitrogens with zero attached hydrogens (tertiary/aromatic N) is 2. The van der Waals surface area contributed by atoms with Gasteiger partial charge in [-0.2, -0.15) is 0 Å². The lowest BCUT2D eigenvalue weighted by molar-refractivity contribution is 0.0848. The van der Waals surface area contributed by atoms with Crippen LogP contribution in [0.15, 0.2) is 12.1 Å². The van der Waals surface area contributed by atoms with E-state index in [-0.39, 0.29) is 0 Å². The van der Waals surface area contributed by atoms with E-state index in [1.807, 2.05) is 6.92 Å². The average molecular weight is 420 g/mol. The molecule has 2 heterocycles. The maximum atomic E-state index is 12.5. The smallest absolute Gasteiger partial charge is 0.281 e. The zero-order valence-electron chi connectivity index (χ0n) is 16.8. The number of carbonyl (C=O) groups is 2. The molecule has 156 valence electrons. The first kappa shape index (κ1) is 20.9. The van der Waals surface area contributed by atoms with Crippen LogP contribution in [-0.2, 0) is 4.74 Å². The number of amides is 2. The predicted molar refractivity (Wildman–Crippen MR) is 109 cm³/mol. The van der Waals surface area contributed by atoms with Crippen molar-refractivity contribution < 1.29 is 23.8 Å². The third-order valence-corrected chi connectivity index (χ3v) is 5.79. The van der Waals surface area contributed by atoms with Crippen LogP contribution in [0, 0.1) is 13.8 Å². The molecule has 1 fully saturated rings. The molecule has 2 N–H and O–H groups in total. The lowest BCUT2D eigenvalue weighted by Gasteiger charge is -2.25. The lowest BCUT2D eigenvalue weighted by atomic mass is 10.1. The second-order valence-electron chi connectivity index (χ2n) is 6.42. The number of hydrogen-bond donors (Lipinski definition) is 2. The van der Waals surface area contributed by atoms with Gasteiger partial charge in [-0.1, -0.05) is 11.3 Å². The molecule has 0 radical (unpaired) electrons. The summed E-state index contributed by atoms with van der Waals surface area (Å²) < 4.78 is 15.9. The zero-order valence-corrected chi connectivity index (χ0v) is 17.6. The average Bonchev–Trinajstić information content (AvgIpc) is 3.14.